The first kappa shape index (κ1) is 13.8. The minimum absolute atomic E-state index is 0.696. The van der Waals surface area contributed by atoms with Crippen molar-refractivity contribution in [3.8, 4) is 22.3 Å². The smallest absolute Gasteiger partial charge is 0.150 e. The highest BCUT2D eigenvalue weighted by Gasteiger charge is 2.10. The van der Waals surface area contributed by atoms with E-state index in [1.807, 2.05) is 48.5 Å². The lowest BCUT2D eigenvalue weighted by Gasteiger charge is -2.12. The third-order valence-electron chi connectivity index (χ3n) is 3.44. The second-order valence-electron chi connectivity index (χ2n) is 4.76. The number of carbonyl (C=O) groups excluding carboxylic acids is 1. The van der Waals surface area contributed by atoms with E-state index in [-0.39, 0.29) is 0 Å². The predicted octanol–water partition coefficient (Wildman–Crippen LogP) is 5.60. The largest absolute Gasteiger partial charge is 0.298 e. The lowest BCUT2D eigenvalue weighted by Crippen LogP contribution is -1.90. The van der Waals surface area contributed by atoms with E-state index in [9.17, 15) is 4.79 Å². The summed E-state index contributed by atoms with van der Waals surface area (Å²) < 4.78 is 0.964. The molecule has 0 aromatic heterocycles. The number of hydrogen-bond donors (Lipinski definition) is 0. The summed E-state index contributed by atoms with van der Waals surface area (Å²) in [5.41, 5.74) is 4.97. The van der Waals surface area contributed by atoms with E-state index in [0.717, 1.165) is 33.0 Å². The zero-order valence-electron chi connectivity index (χ0n) is 11.3. The average molecular weight is 337 g/mol. The molecule has 0 spiro atoms. The van der Waals surface area contributed by atoms with Gasteiger partial charge in [-0.05, 0) is 40.5 Å². The molecule has 0 amide bonds. The zero-order chi connectivity index (χ0) is 14.7. The Morgan fingerprint density at radius 2 is 1.38 bits per heavy atom. The van der Waals surface area contributed by atoms with Crippen LogP contribution in [0, 0.1) is 0 Å². The summed E-state index contributed by atoms with van der Waals surface area (Å²) in [6.07, 6.45) is 0.906. The number of carbonyl (C=O) groups is 1. The van der Waals surface area contributed by atoms with Gasteiger partial charge in [-0.25, -0.2) is 0 Å². The molecule has 21 heavy (non-hydrogen) atoms. The van der Waals surface area contributed by atoms with Crippen molar-refractivity contribution in [2.75, 3.05) is 0 Å². The molecule has 3 aromatic carbocycles. The third-order valence-corrected chi connectivity index (χ3v) is 3.94. The lowest BCUT2D eigenvalue weighted by molar-refractivity contribution is 0.112. The molecule has 102 valence electrons. The molecule has 0 aliphatic heterocycles. The fourth-order valence-electron chi connectivity index (χ4n) is 2.45. The van der Waals surface area contributed by atoms with Crippen molar-refractivity contribution in [2.24, 2.45) is 0 Å². The summed E-state index contributed by atoms with van der Waals surface area (Å²) in [6, 6.07) is 24.1. The quantitative estimate of drug-likeness (QED) is 0.569. The highest BCUT2D eigenvalue weighted by molar-refractivity contribution is 9.10. The Morgan fingerprint density at radius 3 is 2.10 bits per heavy atom. The van der Waals surface area contributed by atoms with E-state index in [1.54, 1.807) is 0 Å². The Hall–Kier alpha value is -2.19. The number of hydrogen-bond acceptors (Lipinski definition) is 1. The predicted molar refractivity (Wildman–Crippen MR) is 90.4 cm³/mol. The summed E-state index contributed by atoms with van der Waals surface area (Å²) in [6.45, 7) is 0. The molecule has 0 fully saturated rings. The molecule has 0 atom stereocenters. The highest BCUT2D eigenvalue weighted by Crippen LogP contribution is 2.34. The molecule has 1 nitrogen and oxygen atoms in total. The molecular formula is C19H13BrO. The van der Waals surface area contributed by atoms with Gasteiger partial charge < -0.3 is 0 Å². The highest BCUT2D eigenvalue weighted by atomic mass is 79.9. The first-order valence-electron chi connectivity index (χ1n) is 6.69. The van der Waals surface area contributed by atoms with E-state index in [1.165, 1.54) is 0 Å². The van der Waals surface area contributed by atoms with Gasteiger partial charge in [0.15, 0.2) is 6.29 Å². The van der Waals surface area contributed by atoms with Gasteiger partial charge in [0.1, 0.15) is 0 Å². The van der Waals surface area contributed by atoms with Crippen LogP contribution in [0.25, 0.3) is 22.3 Å². The molecule has 0 radical (unpaired) electrons. The van der Waals surface area contributed by atoms with Gasteiger partial charge in [0.2, 0.25) is 0 Å². The van der Waals surface area contributed by atoms with E-state index in [0.29, 0.717) is 5.56 Å². The maximum absolute atomic E-state index is 11.3. The summed E-state index contributed by atoms with van der Waals surface area (Å²) in [7, 11) is 0. The Morgan fingerprint density at radius 1 is 0.714 bits per heavy atom. The molecular weight excluding hydrogens is 324 g/mol. The number of rotatable bonds is 3. The maximum Gasteiger partial charge on any atom is 0.150 e. The van der Waals surface area contributed by atoms with Crippen molar-refractivity contribution < 1.29 is 4.79 Å². The van der Waals surface area contributed by atoms with Crippen LogP contribution in [0.15, 0.2) is 77.3 Å². The van der Waals surface area contributed by atoms with Crippen molar-refractivity contribution in [1.82, 2.24) is 0 Å². The van der Waals surface area contributed by atoms with Crippen LogP contribution >= 0.6 is 15.9 Å². The van der Waals surface area contributed by atoms with Crippen molar-refractivity contribution in [3.05, 3.63) is 82.8 Å². The SMILES string of the molecule is O=Cc1ccc(Br)cc1-c1ccccc1-c1ccccc1. The topological polar surface area (TPSA) is 17.1 Å². The van der Waals surface area contributed by atoms with Crippen LogP contribution in [-0.2, 0) is 0 Å². The number of aldehydes is 1. The Balaban J connectivity index is 2.25. The molecule has 0 unspecified atom stereocenters. The standard InChI is InChI=1S/C19H13BrO/c20-16-11-10-15(13-21)19(12-16)18-9-5-4-8-17(18)14-6-2-1-3-7-14/h1-13H. The summed E-state index contributed by atoms with van der Waals surface area (Å²) in [4.78, 5) is 11.3. The fourth-order valence-corrected chi connectivity index (χ4v) is 2.81. The van der Waals surface area contributed by atoms with E-state index < -0.39 is 0 Å². The van der Waals surface area contributed by atoms with Gasteiger partial charge in [0, 0.05) is 10.0 Å². The normalized spacial score (nSPS) is 10.3. The van der Waals surface area contributed by atoms with Gasteiger partial charge in [0.25, 0.3) is 0 Å². The molecule has 0 N–H and O–H groups in total. The number of benzene rings is 3. The molecule has 0 heterocycles. The van der Waals surface area contributed by atoms with Gasteiger partial charge in [-0.15, -0.1) is 0 Å². The molecule has 0 aliphatic carbocycles. The van der Waals surface area contributed by atoms with Crippen molar-refractivity contribution in [3.63, 3.8) is 0 Å². The van der Waals surface area contributed by atoms with Gasteiger partial charge in [0.05, 0.1) is 0 Å². The lowest BCUT2D eigenvalue weighted by atomic mass is 9.92. The molecule has 0 saturated carbocycles. The third kappa shape index (κ3) is 2.81. The minimum Gasteiger partial charge on any atom is -0.298 e. The second-order valence-corrected chi connectivity index (χ2v) is 5.68. The summed E-state index contributed by atoms with van der Waals surface area (Å²) in [5, 5.41) is 0. The molecule has 0 bridgehead atoms. The van der Waals surface area contributed by atoms with Crippen LogP contribution in [0.1, 0.15) is 10.4 Å². The van der Waals surface area contributed by atoms with Crippen molar-refractivity contribution in [1.29, 1.82) is 0 Å². The van der Waals surface area contributed by atoms with E-state index in [4.69, 9.17) is 0 Å². The van der Waals surface area contributed by atoms with Crippen LogP contribution < -0.4 is 0 Å². The van der Waals surface area contributed by atoms with Gasteiger partial charge in [-0.3, -0.25) is 4.79 Å². The summed E-state index contributed by atoms with van der Waals surface area (Å²) >= 11 is 3.49. The Kier molecular flexibility index (Phi) is 3.98. The molecule has 3 aromatic rings. The van der Waals surface area contributed by atoms with Crippen LogP contribution in [0.4, 0.5) is 0 Å². The van der Waals surface area contributed by atoms with E-state index in [2.05, 4.69) is 40.2 Å². The maximum atomic E-state index is 11.3. The molecule has 0 saturated heterocycles. The second kappa shape index (κ2) is 6.06. The Labute approximate surface area is 132 Å². The van der Waals surface area contributed by atoms with Crippen LogP contribution in [0.2, 0.25) is 0 Å². The zero-order valence-corrected chi connectivity index (χ0v) is 12.9. The van der Waals surface area contributed by atoms with Crippen LogP contribution in [-0.4, -0.2) is 6.29 Å². The van der Waals surface area contributed by atoms with Crippen molar-refractivity contribution in [2.45, 2.75) is 0 Å². The number of halogens is 1. The van der Waals surface area contributed by atoms with E-state index >= 15 is 0 Å². The average Bonchev–Trinajstić information content (AvgIpc) is 2.55. The first-order valence-corrected chi connectivity index (χ1v) is 7.48. The first-order chi connectivity index (χ1) is 10.3. The van der Waals surface area contributed by atoms with Crippen LogP contribution in [0.3, 0.4) is 0 Å². The monoisotopic (exact) mass is 336 g/mol. The molecule has 3 rings (SSSR count). The fraction of sp³-hybridized carbons (Fsp3) is 0. The van der Waals surface area contributed by atoms with Gasteiger partial charge in [-0.1, -0.05) is 70.5 Å². The minimum atomic E-state index is 0.696. The molecule has 2 heteroatoms. The Bertz CT molecular complexity index is 779. The van der Waals surface area contributed by atoms with Crippen molar-refractivity contribution >= 4 is 22.2 Å². The van der Waals surface area contributed by atoms with Gasteiger partial charge in [-0.2, -0.15) is 0 Å². The summed E-state index contributed by atoms with van der Waals surface area (Å²) in [5.74, 6) is 0. The molecule has 0 aliphatic rings. The van der Waals surface area contributed by atoms with Gasteiger partial charge >= 0.3 is 0 Å². The van der Waals surface area contributed by atoms with Crippen LogP contribution in [0.5, 0.6) is 0 Å².